The fourth-order valence-electron chi connectivity index (χ4n) is 1.45. The van der Waals surface area contributed by atoms with Crippen molar-refractivity contribution in [1.29, 1.82) is 0 Å². The predicted octanol–water partition coefficient (Wildman–Crippen LogP) is 3.98. The molecule has 0 aliphatic rings. The number of aliphatic imine (C=N–C) groups is 1. The SMILES string of the molecule is CCCCCC=Nc1c(C)cccc1O. The molecule has 0 saturated carbocycles. The third-order valence-electron chi connectivity index (χ3n) is 2.37. The summed E-state index contributed by atoms with van der Waals surface area (Å²) in [5, 5.41) is 9.58. The van der Waals surface area contributed by atoms with E-state index in [2.05, 4.69) is 11.9 Å². The monoisotopic (exact) mass is 205 g/mol. The van der Waals surface area contributed by atoms with Gasteiger partial charge in [0.2, 0.25) is 0 Å². The lowest BCUT2D eigenvalue weighted by Crippen LogP contribution is -1.79. The standard InChI is InChI=1S/C13H19NO/c1-3-4-5-6-10-14-13-11(2)8-7-9-12(13)15/h7-10,15H,3-6H2,1-2H3. The minimum atomic E-state index is 0.266. The topological polar surface area (TPSA) is 32.6 Å². The van der Waals surface area contributed by atoms with Crippen LogP contribution in [0.4, 0.5) is 5.69 Å². The summed E-state index contributed by atoms with van der Waals surface area (Å²) in [6.07, 6.45) is 6.53. The van der Waals surface area contributed by atoms with Gasteiger partial charge in [0.25, 0.3) is 0 Å². The van der Waals surface area contributed by atoms with Gasteiger partial charge in [-0.2, -0.15) is 0 Å². The fourth-order valence-corrected chi connectivity index (χ4v) is 1.45. The second-order valence-corrected chi connectivity index (χ2v) is 3.75. The molecule has 0 atom stereocenters. The van der Waals surface area contributed by atoms with Gasteiger partial charge < -0.3 is 5.11 Å². The molecule has 82 valence electrons. The van der Waals surface area contributed by atoms with E-state index in [0.29, 0.717) is 5.69 Å². The van der Waals surface area contributed by atoms with Gasteiger partial charge in [0.1, 0.15) is 11.4 Å². The molecular weight excluding hydrogens is 186 g/mol. The number of aryl methyl sites for hydroxylation is 1. The number of hydrogen-bond donors (Lipinski definition) is 1. The number of para-hydroxylation sites is 1. The molecule has 2 nitrogen and oxygen atoms in total. The zero-order chi connectivity index (χ0) is 11.1. The largest absolute Gasteiger partial charge is 0.506 e. The van der Waals surface area contributed by atoms with Gasteiger partial charge >= 0.3 is 0 Å². The third-order valence-corrected chi connectivity index (χ3v) is 2.37. The first-order chi connectivity index (χ1) is 7.25. The molecule has 0 radical (unpaired) electrons. The zero-order valence-corrected chi connectivity index (χ0v) is 9.53. The summed E-state index contributed by atoms with van der Waals surface area (Å²) in [6, 6.07) is 5.46. The maximum Gasteiger partial charge on any atom is 0.141 e. The Kier molecular flexibility index (Phi) is 4.88. The molecule has 1 N–H and O–H groups in total. The molecule has 0 unspecified atom stereocenters. The van der Waals surface area contributed by atoms with Gasteiger partial charge in [0, 0.05) is 6.21 Å². The van der Waals surface area contributed by atoms with E-state index in [1.165, 1.54) is 19.3 Å². The lowest BCUT2D eigenvalue weighted by Gasteiger charge is -2.01. The van der Waals surface area contributed by atoms with E-state index in [4.69, 9.17) is 0 Å². The first-order valence-corrected chi connectivity index (χ1v) is 5.56. The quantitative estimate of drug-likeness (QED) is 0.572. The van der Waals surface area contributed by atoms with E-state index >= 15 is 0 Å². The van der Waals surface area contributed by atoms with Crippen molar-refractivity contribution in [2.45, 2.75) is 39.5 Å². The molecule has 15 heavy (non-hydrogen) atoms. The number of hydrogen-bond acceptors (Lipinski definition) is 2. The van der Waals surface area contributed by atoms with Crippen molar-refractivity contribution in [1.82, 2.24) is 0 Å². The molecule has 2 heteroatoms. The molecule has 0 aromatic heterocycles. The summed E-state index contributed by atoms with van der Waals surface area (Å²) in [4.78, 5) is 4.30. The summed E-state index contributed by atoms with van der Waals surface area (Å²) in [6.45, 7) is 4.14. The summed E-state index contributed by atoms with van der Waals surface area (Å²) in [7, 11) is 0. The Morgan fingerprint density at radius 3 is 2.80 bits per heavy atom. The highest BCUT2D eigenvalue weighted by molar-refractivity contribution is 5.68. The van der Waals surface area contributed by atoms with Gasteiger partial charge in [-0.15, -0.1) is 0 Å². The fraction of sp³-hybridized carbons (Fsp3) is 0.462. The van der Waals surface area contributed by atoms with Gasteiger partial charge in [-0.3, -0.25) is 4.99 Å². The van der Waals surface area contributed by atoms with Crippen LogP contribution in [0.1, 0.15) is 38.2 Å². The van der Waals surface area contributed by atoms with Crippen LogP contribution in [-0.4, -0.2) is 11.3 Å². The van der Waals surface area contributed by atoms with E-state index in [0.717, 1.165) is 12.0 Å². The highest BCUT2D eigenvalue weighted by Gasteiger charge is 2.00. The van der Waals surface area contributed by atoms with Gasteiger partial charge in [-0.05, 0) is 31.4 Å². The van der Waals surface area contributed by atoms with Crippen molar-refractivity contribution in [3.63, 3.8) is 0 Å². The van der Waals surface area contributed by atoms with Crippen LogP contribution in [0.5, 0.6) is 5.75 Å². The lowest BCUT2D eigenvalue weighted by atomic mass is 10.2. The van der Waals surface area contributed by atoms with Crippen molar-refractivity contribution >= 4 is 11.9 Å². The average molecular weight is 205 g/mol. The van der Waals surface area contributed by atoms with Crippen LogP contribution >= 0.6 is 0 Å². The molecule has 1 rings (SSSR count). The number of aromatic hydroxyl groups is 1. The van der Waals surface area contributed by atoms with Crippen molar-refractivity contribution in [2.75, 3.05) is 0 Å². The Labute approximate surface area is 91.7 Å². The summed E-state index contributed by atoms with van der Waals surface area (Å²) < 4.78 is 0. The Morgan fingerprint density at radius 1 is 1.33 bits per heavy atom. The van der Waals surface area contributed by atoms with Crippen molar-refractivity contribution < 1.29 is 5.11 Å². The Hall–Kier alpha value is -1.31. The molecule has 0 aliphatic carbocycles. The van der Waals surface area contributed by atoms with Gasteiger partial charge in [0.05, 0.1) is 0 Å². The highest BCUT2D eigenvalue weighted by Crippen LogP contribution is 2.29. The number of benzene rings is 1. The minimum absolute atomic E-state index is 0.266. The molecule has 0 saturated heterocycles. The summed E-state index contributed by atoms with van der Waals surface area (Å²) >= 11 is 0. The Bertz CT molecular complexity index is 311. The minimum Gasteiger partial charge on any atom is -0.506 e. The Balaban J connectivity index is 2.56. The van der Waals surface area contributed by atoms with Crippen LogP contribution in [0.2, 0.25) is 0 Å². The predicted molar refractivity (Wildman–Crippen MR) is 65.1 cm³/mol. The second-order valence-electron chi connectivity index (χ2n) is 3.75. The van der Waals surface area contributed by atoms with E-state index in [1.807, 2.05) is 25.3 Å². The van der Waals surface area contributed by atoms with Crippen molar-refractivity contribution in [3.05, 3.63) is 23.8 Å². The van der Waals surface area contributed by atoms with Crippen molar-refractivity contribution in [2.24, 2.45) is 4.99 Å². The first kappa shape index (κ1) is 11.8. The van der Waals surface area contributed by atoms with Crippen LogP contribution in [0.25, 0.3) is 0 Å². The summed E-state index contributed by atoms with van der Waals surface area (Å²) in [5.41, 5.74) is 1.72. The van der Waals surface area contributed by atoms with Crippen LogP contribution in [0.15, 0.2) is 23.2 Å². The molecule has 0 bridgehead atoms. The zero-order valence-electron chi connectivity index (χ0n) is 9.53. The van der Waals surface area contributed by atoms with Crippen LogP contribution in [0, 0.1) is 6.92 Å². The first-order valence-electron chi connectivity index (χ1n) is 5.56. The van der Waals surface area contributed by atoms with Crippen LogP contribution < -0.4 is 0 Å². The molecular formula is C13H19NO. The number of phenolic OH excluding ortho intramolecular Hbond substituents is 1. The summed E-state index contributed by atoms with van der Waals surface area (Å²) in [5.74, 6) is 0.266. The molecule has 0 amide bonds. The maximum atomic E-state index is 9.58. The van der Waals surface area contributed by atoms with E-state index in [9.17, 15) is 5.11 Å². The van der Waals surface area contributed by atoms with Crippen molar-refractivity contribution in [3.8, 4) is 5.75 Å². The third kappa shape index (κ3) is 3.74. The molecule has 1 aromatic carbocycles. The average Bonchev–Trinajstić information content (AvgIpc) is 2.21. The van der Waals surface area contributed by atoms with E-state index in [-0.39, 0.29) is 5.75 Å². The van der Waals surface area contributed by atoms with E-state index in [1.54, 1.807) is 6.07 Å². The molecule has 0 fully saturated rings. The van der Waals surface area contributed by atoms with Crippen LogP contribution in [0.3, 0.4) is 0 Å². The van der Waals surface area contributed by atoms with Crippen LogP contribution in [-0.2, 0) is 0 Å². The van der Waals surface area contributed by atoms with Gasteiger partial charge in [0.15, 0.2) is 0 Å². The van der Waals surface area contributed by atoms with Gasteiger partial charge in [-0.1, -0.05) is 31.9 Å². The molecule has 0 spiro atoms. The highest BCUT2D eigenvalue weighted by atomic mass is 16.3. The maximum absolute atomic E-state index is 9.58. The smallest absolute Gasteiger partial charge is 0.141 e. The Morgan fingerprint density at radius 2 is 2.13 bits per heavy atom. The normalized spacial score (nSPS) is 11.1. The molecule has 0 heterocycles. The number of phenols is 1. The second kappa shape index (κ2) is 6.23. The molecule has 0 aliphatic heterocycles. The number of rotatable bonds is 5. The van der Waals surface area contributed by atoms with E-state index < -0.39 is 0 Å². The molecule has 1 aromatic rings. The number of nitrogens with zero attached hydrogens (tertiary/aromatic N) is 1. The number of unbranched alkanes of at least 4 members (excludes halogenated alkanes) is 3. The lowest BCUT2D eigenvalue weighted by molar-refractivity contribution is 0.476. The van der Waals surface area contributed by atoms with Gasteiger partial charge in [-0.25, -0.2) is 0 Å².